The Hall–Kier alpha value is -4.12. The number of likely N-dealkylation sites (N-methyl/N-ethyl adjacent to an activating group) is 1. The number of fused-ring (bicyclic) bond motifs is 7. The Morgan fingerprint density at radius 2 is 1.82 bits per heavy atom. The van der Waals surface area contributed by atoms with Crippen LogP contribution in [0.3, 0.4) is 0 Å². The minimum absolute atomic E-state index is 0.226. The van der Waals surface area contributed by atoms with Gasteiger partial charge in [0.05, 0.1) is 40.5 Å². The number of nitrogens with zero attached hydrogens (tertiary/aromatic N) is 7. The van der Waals surface area contributed by atoms with Crippen LogP contribution in [0.2, 0.25) is 0 Å². The second-order valence-electron chi connectivity index (χ2n) is 11.1. The average Bonchev–Trinajstić information content (AvgIpc) is 3.47. The highest BCUT2D eigenvalue weighted by Crippen LogP contribution is 2.30. The highest BCUT2D eigenvalue weighted by atomic mass is 16.5. The Morgan fingerprint density at radius 1 is 1.02 bits per heavy atom. The van der Waals surface area contributed by atoms with Gasteiger partial charge in [0, 0.05) is 58.7 Å². The Kier molecular flexibility index (Phi) is 6.83. The van der Waals surface area contributed by atoms with Gasteiger partial charge in [-0.3, -0.25) is 14.9 Å². The maximum absolute atomic E-state index is 13.6. The lowest BCUT2D eigenvalue weighted by Gasteiger charge is -2.34. The van der Waals surface area contributed by atoms with Crippen LogP contribution in [0.25, 0.3) is 22.2 Å². The van der Waals surface area contributed by atoms with Crippen LogP contribution in [0.1, 0.15) is 30.1 Å². The fourth-order valence-corrected chi connectivity index (χ4v) is 5.64. The van der Waals surface area contributed by atoms with E-state index in [0.717, 1.165) is 50.1 Å². The van der Waals surface area contributed by atoms with Crippen LogP contribution in [-0.4, -0.2) is 74.5 Å². The standard InChI is InChI=1S/C29H36N8O3/c1-19-6-5-13-40-28-23(16-30-35(28)4)22-14-20(18-34(3)27(22)39)26(38)32-29-31-24-8-7-21(15-25(24)37(29)17-19)36-11-9-33(2)10-12-36/h7-8,14-16,18-19H,5-6,9-13,17H2,1-4H3,(H,31,32,38)/t19-/m1/s1. The Bertz CT molecular complexity index is 1630. The third-order valence-electron chi connectivity index (χ3n) is 8.02. The summed E-state index contributed by atoms with van der Waals surface area (Å²) in [5, 5.41) is 7.38. The molecule has 0 unspecified atom stereocenters. The summed E-state index contributed by atoms with van der Waals surface area (Å²) >= 11 is 0. The molecule has 1 atom stereocenters. The number of hydrogen-bond donors (Lipinski definition) is 1. The summed E-state index contributed by atoms with van der Waals surface area (Å²) in [5.41, 5.74) is 4.07. The maximum atomic E-state index is 13.6. The second kappa shape index (κ2) is 10.5. The van der Waals surface area contributed by atoms with Crippen LogP contribution in [0.15, 0.2) is 41.5 Å². The number of imidazole rings is 1. The van der Waals surface area contributed by atoms with Crippen LogP contribution >= 0.6 is 0 Å². The van der Waals surface area contributed by atoms with E-state index < -0.39 is 0 Å². The minimum atomic E-state index is -0.332. The van der Waals surface area contributed by atoms with Gasteiger partial charge in [0.2, 0.25) is 11.8 Å². The van der Waals surface area contributed by atoms with E-state index in [0.29, 0.717) is 47.6 Å². The molecule has 6 rings (SSSR count). The first-order valence-electron chi connectivity index (χ1n) is 13.9. The van der Waals surface area contributed by atoms with E-state index in [2.05, 4.69) is 50.9 Å². The molecule has 2 aliphatic heterocycles. The molecule has 11 nitrogen and oxygen atoms in total. The van der Waals surface area contributed by atoms with Crippen molar-refractivity contribution in [3.63, 3.8) is 0 Å². The van der Waals surface area contributed by atoms with Crippen molar-refractivity contribution >= 4 is 28.6 Å². The van der Waals surface area contributed by atoms with Gasteiger partial charge in [-0.2, -0.15) is 5.10 Å². The topological polar surface area (TPSA) is 102 Å². The number of anilines is 2. The summed E-state index contributed by atoms with van der Waals surface area (Å²) < 4.78 is 11.3. The van der Waals surface area contributed by atoms with Crippen LogP contribution in [-0.2, 0) is 20.6 Å². The molecule has 0 spiro atoms. The zero-order valence-electron chi connectivity index (χ0n) is 23.6. The zero-order chi connectivity index (χ0) is 28.0. The van der Waals surface area contributed by atoms with Gasteiger partial charge in [0.25, 0.3) is 11.5 Å². The molecule has 0 saturated carbocycles. The summed E-state index contributed by atoms with van der Waals surface area (Å²) in [5.74, 6) is 1.01. The van der Waals surface area contributed by atoms with Crippen molar-refractivity contribution in [3.05, 3.63) is 52.6 Å². The molecule has 210 valence electrons. The Labute approximate surface area is 233 Å². The van der Waals surface area contributed by atoms with Gasteiger partial charge in [-0.15, -0.1) is 0 Å². The molecule has 1 saturated heterocycles. The van der Waals surface area contributed by atoms with E-state index in [9.17, 15) is 9.59 Å². The van der Waals surface area contributed by atoms with Gasteiger partial charge in [-0.05, 0) is 50.1 Å². The highest BCUT2D eigenvalue weighted by molar-refractivity contribution is 6.04. The zero-order valence-corrected chi connectivity index (χ0v) is 23.6. The number of aryl methyl sites for hydroxylation is 2. The molecule has 4 aromatic rings. The summed E-state index contributed by atoms with van der Waals surface area (Å²) in [6.07, 6.45) is 4.93. The van der Waals surface area contributed by atoms with E-state index in [1.54, 1.807) is 37.2 Å². The predicted molar refractivity (Wildman–Crippen MR) is 155 cm³/mol. The molecule has 2 aliphatic rings. The quantitative estimate of drug-likeness (QED) is 0.393. The maximum Gasteiger partial charge on any atom is 0.259 e. The van der Waals surface area contributed by atoms with Gasteiger partial charge in [-0.1, -0.05) is 6.92 Å². The number of carbonyl (C=O) groups is 1. The van der Waals surface area contributed by atoms with Crippen LogP contribution < -0.4 is 20.5 Å². The summed E-state index contributed by atoms with van der Waals surface area (Å²) in [7, 11) is 5.59. The monoisotopic (exact) mass is 544 g/mol. The summed E-state index contributed by atoms with van der Waals surface area (Å²) in [6, 6.07) is 7.97. The van der Waals surface area contributed by atoms with E-state index in [-0.39, 0.29) is 11.5 Å². The number of ether oxygens (including phenoxy) is 1. The van der Waals surface area contributed by atoms with Gasteiger partial charge in [0.1, 0.15) is 0 Å². The van der Waals surface area contributed by atoms with E-state index in [1.807, 2.05) is 6.07 Å². The van der Waals surface area contributed by atoms with Gasteiger partial charge < -0.3 is 23.7 Å². The van der Waals surface area contributed by atoms with Crippen molar-refractivity contribution < 1.29 is 9.53 Å². The normalized spacial score (nSPS) is 18.9. The van der Waals surface area contributed by atoms with Crippen LogP contribution in [0.5, 0.6) is 5.88 Å². The molecule has 1 N–H and O–H groups in total. The third-order valence-corrected chi connectivity index (χ3v) is 8.02. The molecule has 11 heteroatoms. The van der Waals surface area contributed by atoms with Gasteiger partial charge >= 0.3 is 0 Å². The lowest BCUT2D eigenvalue weighted by atomic mass is 10.1. The molecular weight excluding hydrogens is 508 g/mol. The van der Waals surface area contributed by atoms with E-state index >= 15 is 0 Å². The number of hydrogen-bond acceptors (Lipinski definition) is 7. The van der Waals surface area contributed by atoms with Gasteiger partial charge in [0.15, 0.2) is 0 Å². The molecule has 1 fully saturated rings. The van der Waals surface area contributed by atoms with Crippen molar-refractivity contribution in [1.29, 1.82) is 0 Å². The largest absolute Gasteiger partial charge is 0.477 e. The van der Waals surface area contributed by atoms with E-state index in [4.69, 9.17) is 9.72 Å². The van der Waals surface area contributed by atoms with Gasteiger partial charge in [-0.25, -0.2) is 9.67 Å². The lowest BCUT2D eigenvalue weighted by molar-refractivity contribution is 0.102. The number of rotatable bonds is 1. The van der Waals surface area contributed by atoms with Crippen LogP contribution in [0, 0.1) is 5.92 Å². The minimum Gasteiger partial charge on any atom is -0.477 e. The predicted octanol–water partition coefficient (Wildman–Crippen LogP) is 2.95. The average molecular weight is 545 g/mol. The first-order valence-corrected chi connectivity index (χ1v) is 13.9. The third kappa shape index (κ3) is 4.85. The highest BCUT2D eigenvalue weighted by Gasteiger charge is 2.23. The van der Waals surface area contributed by atoms with Crippen molar-refractivity contribution in [2.24, 2.45) is 20.0 Å². The fourth-order valence-electron chi connectivity index (χ4n) is 5.64. The number of aromatic nitrogens is 5. The second-order valence-corrected chi connectivity index (χ2v) is 11.1. The molecule has 3 aromatic heterocycles. The number of amides is 1. The Balaban J connectivity index is 1.42. The van der Waals surface area contributed by atoms with Crippen molar-refractivity contribution in [2.45, 2.75) is 26.3 Å². The lowest BCUT2D eigenvalue weighted by Crippen LogP contribution is -2.44. The smallest absolute Gasteiger partial charge is 0.259 e. The van der Waals surface area contributed by atoms with E-state index in [1.165, 1.54) is 10.3 Å². The van der Waals surface area contributed by atoms with Crippen molar-refractivity contribution in [3.8, 4) is 17.0 Å². The molecule has 1 aromatic carbocycles. The summed E-state index contributed by atoms with van der Waals surface area (Å²) in [6.45, 7) is 7.42. The fraction of sp³-hybridized carbons (Fsp3) is 0.448. The summed E-state index contributed by atoms with van der Waals surface area (Å²) in [4.78, 5) is 36.3. The number of carbonyl (C=O) groups excluding carboxylic acids is 1. The van der Waals surface area contributed by atoms with Crippen molar-refractivity contribution in [2.75, 3.05) is 50.1 Å². The number of nitrogens with one attached hydrogen (secondary N) is 1. The molecule has 0 radical (unpaired) electrons. The molecule has 0 aliphatic carbocycles. The number of benzene rings is 1. The molecule has 1 amide bonds. The molecule has 5 heterocycles. The first-order chi connectivity index (χ1) is 19.3. The van der Waals surface area contributed by atoms with Crippen molar-refractivity contribution in [1.82, 2.24) is 28.8 Å². The number of pyridine rings is 1. The SMILES string of the molecule is C[C@@H]1CCCOc2c(cnn2C)-c2cc(cn(C)c2=O)C(=O)Nc2nc3ccc(N4CCN(C)CC4)cc3n2C1. The number of piperazine rings is 1. The molecular formula is C29H36N8O3. The first kappa shape index (κ1) is 26.1. The molecule has 40 heavy (non-hydrogen) atoms. The Morgan fingerprint density at radius 3 is 2.62 bits per heavy atom. The van der Waals surface area contributed by atoms with Crippen LogP contribution in [0.4, 0.5) is 11.6 Å². The molecule has 2 bridgehead atoms.